The molecule has 0 radical (unpaired) electrons. The Hall–Kier alpha value is -2.95. The molecule has 2 aromatic carbocycles. The Kier molecular flexibility index (Phi) is 6.24. The third-order valence-electron chi connectivity index (χ3n) is 5.04. The zero-order chi connectivity index (χ0) is 20.1. The van der Waals surface area contributed by atoms with E-state index in [-0.39, 0.29) is 30.6 Å². The van der Waals surface area contributed by atoms with Crippen molar-refractivity contribution in [1.29, 1.82) is 0 Å². The fourth-order valence-electron chi connectivity index (χ4n) is 3.48. The minimum atomic E-state index is -0.412. The number of amides is 2. The first-order valence-electron chi connectivity index (χ1n) is 9.44. The molecule has 0 saturated carbocycles. The lowest BCUT2D eigenvalue weighted by Crippen LogP contribution is -2.37. The first kappa shape index (κ1) is 19.8. The SMILES string of the molecule is C=CCN(Cc1ccccc1F)C(=O)C1CC(=O)N(Cc2ccc(C)cc2)C1. The molecule has 0 spiro atoms. The van der Waals surface area contributed by atoms with Gasteiger partial charge in [0.15, 0.2) is 0 Å². The van der Waals surface area contributed by atoms with Crippen LogP contribution in [0.3, 0.4) is 0 Å². The van der Waals surface area contributed by atoms with Gasteiger partial charge in [-0.2, -0.15) is 0 Å². The molecule has 2 aromatic rings. The van der Waals surface area contributed by atoms with Gasteiger partial charge in [-0.05, 0) is 18.6 Å². The van der Waals surface area contributed by atoms with Gasteiger partial charge in [0.2, 0.25) is 11.8 Å². The maximum absolute atomic E-state index is 14.0. The molecule has 1 heterocycles. The van der Waals surface area contributed by atoms with Gasteiger partial charge < -0.3 is 9.80 Å². The highest BCUT2D eigenvalue weighted by molar-refractivity contribution is 5.89. The smallest absolute Gasteiger partial charge is 0.228 e. The Morgan fingerprint density at radius 2 is 1.96 bits per heavy atom. The van der Waals surface area contributed by atoms with Crippen molar-refractivity contribution in [3.8, 4) is 0 Å². The quantitative estimate of drug-likeness (QED) is 0.688. The maximum Gasteiger partial charge on any atom is 0.228 e. The van der Waals surface area contributed by atoms with E-state index in [0.29, 0.717) is 25.2 Å². The van der Waals surface area contributed by atoms with E-state index >= 15 is 0 Å². The number of aryl methyl sites for hydroxylation is 1. The monoisotopic (exact) mass is 380 g/mol. The minimum absolute atomic E-state index is 0.0247. The van der Waals surface area contributed by atoms with Crippen LogP contribution in [0.15, 0.2) is 61.2 Å². The van der Waals surface area contributed by atoms with Crippen molar-refractivity contribution in [2.24, 2.45) is 5.92 Å². The molecule has 0 N–H and O–H groups in total. The van der Waals surface area contributed by atoms with Crippen molar-refractivity contribution in [3.63, 3.8) is 0 Å². The van der Waals surface area contributed by atoms with Crippen LogP contribution in [-0.4, -0.2) is 34.7 Å². The van der Waals surface area contributed by atoms with Crippen molar-refractivity contribution in [3.05, 3.63) is 83.7 Å². The molecule has 28 heavy (non-hydrogen) atoms. The normalized spacial score (nSPS) is 16.3. The average molecular weight is 380 g/mol. The topological polar surface area (TPSA) is 40.6 Å². The van der Waals surface area contributed by atoms with Gasteiger partial charge >= 0.3 is 0 Å². The summed E-state index contributed by atoms with van der Waals surface area (Å²) in [4.78, 5) is 28.7. The van der Waals surface area contributed by atoms with Gasteiger partial charge in [0.05, 0.1) is 5.92 Å². The Morgan fingerprint density at radius 1 is 1.25 bits per heavy atom. The van der Waals surface area contributed by atoms with Crippen LogP contribution in [0.1, 0.15) is 23.1 Å². The van der Waals surface area contributed by atoms with Gasteiger partial charge in [-0.25, -0.2) is 4.39 Å². The highest BCUT2D eigenvalue weighted by Gasteiger charge is 2.36. The second-order valence-electron chi connectivity index (χ2n) is 7.26. The molecular weight excluding hydrogens is 355 g/mol. The number of rotatable bonds is 7. The summed E-state index contributed by atoms with van der Waals surface area (Å²) in [6.07, 6.45) is 1.81. The third kappa shape index (κ3) is 4.66. The van der Waals surface area contributed by atoms with E-state index in [1.54, 1.807) is 34.1 Å². The van der Waals surface area contributed by atoms with E-state index in [0.717, 1.165) is 11.1 Å². The standard InChI is InChI=1S/C23H25FN2O2/c1-3-12-25(15-19-6-4-5-7-21(19)24)23(28)20-13-22(27)26(16-20)14-18-10-8-17(2)9-11-18/h3-11,20H,1,12-16H2,2H3. The van der Waals surface area contributed by atoms with Crippen molar-refractivity contribution in [2.75, 3.05) is 13.1 Å². The molecule has 0 bridgehead atoms. The summed E-state index contributed by atoms with van der Waals surface area (Å²) in [6.45, 7) is 7.08. The summed E-state index contributed by atoms with van der Waals surface area (Å²) in [5, 5.41) is 0. The lowest BCUT2D eigenvalue weighted by Gasteiger charge is -2.25. The van der Waals surface area contributed by atoms with Gasteiger partial charge in [-0.15, -0.1) is 6.58 Å². The largest absolute Gasteiger partial charge is 0.338 e. The van der Waals surface area contributed by atoms with Crippen molar-refractivity contribution >= 4 is 11.8 Å². The zero-order valence-electron chi connectivity index (χ0n) is 16.1. The van der Waals surface area contributed by atoms with Gasteiger partial charge in [-0.3, -0.25) is 9.59 Å². The first-order valence-corrected chi connectivity index (χ1v) is 9.44. The number of halogens is 1. The van der Waals surface area contributed by atoms with Crippen molar-refractivity contribution in [2.45, 2.75) is 26.4 Å². The van der Waals surface area contributed by atoms with E-state index in [4.69, 9.17) is 0 Å². The first-order chi connectivity index (χ1) is 13.5. The van der Waals surface area contributed by atoms with Gasteiger partial charge in [0.25, 0.3) is 0 Å². The summed E-state index contributed by atoms with van der Waals surface area (Å²) >= 11 is 0. The Bertz CT molecular complexity index is 863. The molecule has 1 unspecified atom stereocenters. The molecule has 1 aliphatic rings. The summed E-state index contributed by atoms with van der Waals surface area (Å²) in [5.74, 6) is -0.913. The molecule has 1 saturated heterocycles. The van der Waals surface area contributed by atoms with E-state index in [2.05, 4.69) is 6.58 Å². The van der Waals surface area contributed by atoms with Crippen LogP contribution >= 0.6 is 0 Å². The predicted molar refractivity (Wildman–Crippen MR) is 107 cm³/mol. The lowest BCUT2D eigenvalue weighted by atomic mass is 10.1. The number of carbonyl (C=O) groups excluding carboxylic acids is 2. The minimum Gasteiger partial charge on any atom is -0.338 e. The number of hydrogen-bond donors (Lipinski definition) is 0. The Balaban J connectivity index is 1.68. The number of carbonyl (C=O) groups is 2. The third-order valence-corrected chi connectivity index (χ3v) is 5.04. The van der Waals surface area contributed by atoms with Crippen LogP contribution in [0.4, 0.5) is 4.39 Å². The molecule has 0 aromatic heterocycles. The zero-order valence-corrected chi connectivity index (χ0v) is 16.1. The molecule has 0 aliphatic carbocycles. The maximum atomic E-state index is 14.0. The second kappa shape index (κ2) is 8.83. The summed E-state index contributed by atoms with van der Waals surface area (Å²) in [7, 11) is 0. The summed E-state index contributed by atoms with van der Waals surface area (Å²) in [6, 6.07) is 14.4. The average Bonchev–Trinajstić information content (AvgIpc) is 3.05. The molecule has 3 rings (SSSR count). The van der Waals surface area contributed by atoms with Crippen LogP contribution in [0.5, 0.6) is 0 Å². The fraction of sp³-hybridized carbons (Fsp3) is 0.304. The van der Waals surface area contributed by atoms with E-state index in [1.807, 2.05) is 31.2 Å². The molecular formula is C23H25FN2O2. The van der Waals surface area contributed by atoms with Crippen LogP contribution in [0, 0.1) is 18.7 Å². The van der Waals surface area contributed by atoms with E-state index in [1.165, 1.54) is 6.07 Å². The summed E-state index contributed by atoms with van der Waals surface area (Å²) < 4.78 is 14.0. The van der Waals surface area contributed by atoms with E-state index in [9.17, 15) is 14.0 Å². The number of nitrogens with zero attached hydrogens (tertiary/aromatic N) is 2. The number of hydrogen-bond acceptors (Lipinski definition) is 2. The van der Waals surface area contributed by atoms with Crippen LogP contribution in [-0.2, 0) is 22.7 Å². The highest BCUT2D eigenvalue weighted by atomic mass is 19.1. The Labute approximate surface area is 165 Å². The van der Waals surface area contributed by atoms with Crippen LogP contribution in [0.2, 0.25) is 0 Å². The van der Waals surface area contributed by atoms with Gasteiger partial charge in [-0.1, -0.05) is 54.1 Å². The predicted octanol–water partition coefficient (Wildman–Crippen LogP) is 3.70. The van der Waals surface area contributed by atoms with Crippen LogP contribution in [0.25, 0.3) is 0 Å². The van der Waals surface area contributed by atoms with Gasteiger partial charge in [0.1, 0.15) is 5.82 Å². The molecule has 5 heteroatoms. The fourth-order valence-corrected chi connectivity index (χ4v) is 3.48. The second-order valence-corrected chi connectivity index (χ2v) is 7.26. The Morgan fingerprint density at radius 3 is 2.64 bits per heavy atom. The lowest BCUT2D eigenvalue weighted by molar-refractivity contribution is -0.136. The summed E-state index contributed by atoms with van der Waals surface area (Å²) in [5.41, 5.74) is 2.66. The molecule has 1 aliphatic heterocycles. The highest BCUT2D eigenvalue weighted by Crippen LogP contribution is 2.23. The van der Waals surface area contributed by atoms with Crippen molar-refractivity contribution < 1.29 is 14.0 Å². The van der Waals surface area contributed by atoms with Crippen molar-refractivity contribution in [1.82, 2.24) is 9.80 Å². The van der Waals surface area contributed by atoms with E-state index < -0.39 is 5.92 Å². The molecule has 2 amide bonds. The number of benzene rings is 2. The molecule has 1 fully saturated rings. The van der Waals surface area contributed by atoms with Crippen LogP contribution < -0.4 is 0 Å². The molecule has 4 nitrogen and oxygen atoms in total. The van der Waals surface area contributed by atoms with Gasteiger partial charge in [0, 0.05) is 38.2 Å². The molecule has 146 valence electrons. The molecule has 1 atom stereocenters. The number of likely N-dealkylation sites (tertiary alicyclic amines) is 1.